The van der Waals surface area contributed by atoms with Crippen LogP contribution in [0.3, 0.4) is 0 Å². The van der Waals surface area contributed by atoms with Gasteiger partial charge in [0.15, 0.2) is 0 Å². The monoisotopic (exact) mass is 245 g/mol. The van der Waals surface area contributed by atoms with Crippen molar-refractivity contribution in [3.05, 3.63) is 0 Å². The zero-order chi connectivity index (χ0) is 9.10. The van der Waals surface area contributed by atoms with Crippen LogP contribution < -0.4 is 0 Å². The molecular formula is C11H20BrN. The third-order valence-electron chi connectivity index (χ3n) is 3.70. The number of hydrogen-bond donors (Lipinski definition) is 0. The van der Waals surface area contributed by atoms with E-state index in [4.69, 9.17) is 0 Å². The van der Waals surface area contributed by atoms with Gasteiger partial charge in [-0.1, -0.05) is 28.8 Å². The van der Waals surface area contributed by atoms with E-state index in [1.807, 2.05) is 0 Å². The molecule has 0 aromatic carbocycles. The van der Waals surface area contributed by atoms with Gasteiger partial charge in [0.25, 0.3) is 0 Å². The molecule has 1 aliphatic carbocycles. The van der Waals surface area contributed by atoms with E-state index < -0.39 is 0 Å². The van der Waals surface area contributed by atoms with Gasteiger partial charge in [-0.3, -0.25) is 0 Å². The molecule has 0 bridgehead atoms. The summed E-state index contributed by atoms with van der Waals surface area (Å²) in [5.74, 6) is 1.06. The molecule has 2 heteroatoms. The van der Waals surface area contributed by atoms with Crippen LogP contribution in [-0.4, -0.2) is 29.4 Å². The predicted molar refractivity (Wildman–Crippen MR) is 60.3 cm³/mol. The average Bonchev–Trinajstić information content (AvgIpc) is 2.58. The lowest BCUT2D eigenvalue weighted by atomic mass is 9.85. The lowest BCUT2D eigenvalue weighted by Crippen LogP contribution is -2.35. The highest BCUT2D eigenvalue weighted by Crippen LogP contribution is 2.35. The summed E-state index contributed by atoms with van der Waals surface area (Å²) in [4.78, 5) is 2.74. The van der Waals surface area contributed by atoms with Gasteiger partial charge in [0, 0.05) is 11.4 Å². The molecule has 0 unspecified atom stereocenters. The zero-order valence-corrected chi connectivity index (χ0v) is 9.93. The molecule has 13 heavy (non-hydrogen) atoms. The highest BCUT2D eigenvalue weighted by Gasteiger charge is 2.34. The fourth-order valence-corrected chi connectivity index (χ4v) is 3.29. The molecule has 0 amide bonds. The van der Waals surface area contributed by atoms with Crippen molar-refractivity contribution in [2.75, 3.05) is 18.4 Å². The molecule has 1 saturated heterocycles. The van der Waals surface area contributed by atoms with E-state index in [0.29, 0.717) is 0 Å². The van der Waals surface area contributed by atoms with E-state index in [2.05, 4.69) is 20.8 Å². The van der Waals surface area contributed by atoms with Gasteiger partial charge in [-0.2, -0.15) is 0 Å². The van der Waals surface area contributed by atoms with Gasteiger partial charge in [0.2, 0.25) is 0 Å². The minimum Gasteiger partial charge on any atom is -0.300 e. The Kier molecular flexibility index (Phi) is 3.67. The zero-order valence-electron chi connectivity index (χ0n) is 8.34. The third-order valence-corrected chi connectivity index (χ3v) is 4.26. The molecule has 1 saturated carbocycles. The Balaban J connectivity index is 1.84. The molecule has 1 aliphatic heterocycles. The van der Waals surface area contributed by atoms with Crippen LogP contribution >= 0.6 is 15.9 Å². The highest BCUT2D eigenvalue weighted by atomic mass is 79.9. The third kappa shape index (κ3) is 2.27. The first kappa shape index (κ1) is 9.97. The SMILES string of the molecule is BrCCCN1CC[C@@H]2CCCC[C@@H]21. The predicted octanol–water partition coefficient (Wildman–Crippen LogP) is 3.04. The largest absolute Gasteiger partial charge is 0.300 e. The van der Waals surface area contributed by atoms with Gasteiger partial charge >= 0.3 is 0 Å². The number of likely N-dealkylation sites (tertiary alicyclic amines) is 1. The lowest BCUT2D eigenvalue weighted by Gasteiger charge is -2.31. The standard InChI is InChI=1S/C11H20BrN/c12-7-3-8-13-9-6-10-4-1-2-5-11(10)13/h10-11H,1-9H2/t10-,11-/m0/s1. The van der Waals surface area contributed by atoms with Gasteiger partial charge in [-0.05, 0) is 44.7 Å². The summed E-state index contributed by atoms with van der Waals surface area (Å²) in [7, 11) is 0. The minimum atomic E-state index is 0.966. The maximum Gasteiger partial charge on any atom is 0.0124 e. The summed E-state index contributed by atoms with van der Waals surface area (Å²) in [6, 6.07) is 0.966. The van der Waals surface area contributed by atoms with Crippen molar-refractivity contribution in [2.45, 2.75) is 44.6 Å². The van der Waals surface area contributed by atoms with Crippen LogP contribution in [0.25, 0.3) is 0 Å². The smallest absolute Gasteiger partial charge is 0.0124 e. The van der Waals surface area contributed by atoms with Crippen molar-refractivity contribution in [1.29, 1.82) is 0 Å². The summed E-state index contributed by atoms with van der Waals surface area (Å²) in [6.45, 7) is 2.70. The highest BCUT2D eigenvalue weighted by molar-refractivity contribution is 9.09. The Morgan fingerprint density at radius 2 is 2.00 bits per heavy atom. The molecule has 1 nitrogen and oxygen atoms in total. The van der Waals surface area contributed by atoms with Crippen molar-refractivity contribution in [3.8, 4) is 0 Å². The van der Waals surface area contributed by atoms with E-state index in [1.165, 1.54) is 56.9 Å². The number of fused-ring (bicyclic) bond motifs is 1. The first-order valence-electron chi connectivity index (χ1n) is 5.72. The van der Waals surface area contributed by atoms with Crippen LogP contribution in [0, 0.1) is 5.92 Å². The van der Waals surface area contributed by atoms with Gasteiger partial charge in [0.1, 0.15) is 0 Å². The molecule has 0 N–H and O–H groups in total. The molecule has 0 aromatic rings. The fourth-order valence-electron chi connectivity index (χ4n) is 3.04. The van der Waals surface area contributed by atoms with Crippen LogP contribution in [0.4, 0.5) is 0 Å². The second-order valence-electron chi connectivity index (χ2n) is 4.48. The van der Waals surface area contributed by atoms with Crippen LogP contribution in [0.5, 0.6) is 0 Å². The van der Waals surface area contributed by atoms with Crippen LogP contribution in [0.15, 0.2) is 0 Å². The Morgan fingerprint density at radius 1 is 1.15 bits per heavy atom. The van der Waals surface area contributed by atoms with Crippen molar-refractivity contribution >= 4 is 15.9 Å². The number of nitrogens with zero attached hydrogens (tertiary/aromatic N) is 1. The number of hydrogen-bond acceptors (Lipinski definition) is 1. The maximum atomic E-state index is 3.52. The fraction of sp³-hybridized carbons (Fsp3) is 1.00. The number of halogens is 1. The second-order valence-corrected chi connectivity index (χ2v) is 5.27. The van der Waals surface area contributed by atoms with E-state index in [9.17, 15) is 0 Å². The summed E-state index contributed by atoms with van der Waals surface area (Å²) >= 11 is 3.52. The van der Waals surface area contributed by atoms with Crippen LogP contribution in [0.1, 0.15) is 38.5 Å². The Hall–Kier alpha value is 0.440. The molecule has 2 atom stereocenters. The van der Waals surface area contributed by atoms with E-state index in [0.717, 1.165) is 12.0 Å². The topological polar surface area (TPSA) is 3.24 Å². The lowest BCUT2D eigenvalue weighted by molar-refractivity contribution is 0.183. The van der Waals surface area contributed by atoms with Gasteiger partial charge in [0.05, 0.1) is 0 Å². The summed E-state index contributed by atoms with van der Waals surface area (Å²) in [5, 5.41) is 1.17. The van der Waals surface area contributed by atoms with Crippen molar-refractivity contribution in [1.82, 2.24) is 4.90 Å². The van der Waals surface area contributed by atoms with Crippen molar-refractivity contribution in [3.63, 3.8) is 0 Å². The molecular weight excluding hydrogens is 226 g/mol. The van der Waals surface area contributed by atoms with Gasteiger partial charge < -0.3 is 4.90 Å². The maximum absolute atomic E-state index is 3.52. The van der Waals surface area contributed by atoms with E-state index in [-0.39, 0.29) is 0 Å². The summed E-state index contributed by atoms with van der Waals surface area (Å²) < 4.78 is 0. The number of alkyl halides is 1. The summed E-state index contributed by atoms with van der Waals surface area (Å²) in [5.41, 5.74) is 0. The van der Waals surface area contributed by atoms with Crippen LogP contribution in [0.2, 0.25) is 0 Å². The Labute approximate surface area is 90.0 Å². The van der Waals surface area contributed by atoms with Crippen molar-refractivity contribution < 1.29 is 0 Å². The summed E-state index contributed by atoms with van der Waals surface area (Å²) in [6.07, 6.45) is 8.76. The Bertz CT molecular complexity index is 160. The molecule has 2 rings (SSSR count). The van der Waals surface area contributed by atoms with Gasteiger partial charge in [-0.25, -0.2) is 0 Å². The molecule has 0 spiro atoms. The molecule has 0 aromatic heterocycles. The molecule has 1 heterocycles. The second kappa shape index (κ2) is 4.79. The molecule has 76 valence electrons. The molecule has 2 aliphatic rings. The minimum absolute atomic E-state index is 0.966. The first-order chi connectivity index (χ1) is 6.42. The van der Waals surface area contributed by atoms with E-state index >= 15 is 0 Å². The normalized spacial score (nSPS) is 34.8. The quantitative estimate of drug-likeness (QED) is 0.692. The average molecular weight is 246 g/mol. The molecule has 2 fully saturated rings. The van der Waals surface area contributed by atoms with Gasteiger partial charge in [-0.15, -0.1) is 0 Å². The Morgan fingerprint density at radius 3 is 2.85 bits per heavy atom. The van der Waals surface area contributed by atoms with Crippen molar-refractivity contribution in [2.24, 2.45) is 5.92 Å². The van der Waals surface area contributed by atoms with E-state index in [1.54, 1.807) is 0 Å². The van der Waals surface area contributed by atoms with Crippen LogP contribution in [-0.2, 0) is 0 Å². The number of rotatable bonds is 3. The molecule has 0 radical (unpaired) electrons. The first-order valence-corrected chi connectivity index (χ1v) is 6.84.